The number of nitrogens with zero attached hydrogens (tertiary/aromatic N) is 2. The fourth-order valence-corrected chi connectivity index (χ4v) is 1.46. The zero-order chi connectivity index (χ0) is 10.0. The summed E-state index contributed by atoms with van der Waals surface area (Å²) in [5, 5.41) is 19.2. The molecular weight excluding hydrogens is 259 g/mol. The van der Waals surface area contributed by atoms with Crippen molar-refractivity contribution in [3.63, 3.8) is 0 Å². The summed E-state index contributed by atoms with van der Waals surface area (Å²) >= 11 is 8.52. The van der Waals surface area contributed by atoms with Crippen LogP contribution in [0.4, 0.5) is 5.69 Å². The predicted molar refractivity (Wildman–Crippen MR) is 50.5 cm³/mol. The highest BCUT2D eigenvalue weighted by Gasteiger charge is 2.16. The van der Waals surface area contributed by atoms with Gasteiger partial charge in [0, 0.05) is 11.1 Å². The molecule has 0 heterocycles. The lowest BCUT2D eigenvalue weighted by Crippen LogP contribution is -1.91. The molecule has 0 radical (unpaired) electrons. The summed E-state index contributed by atoms with van der Waals surface area (Å²) in [5.74, 6) is 0. The standard InChI is InChI=1S/C7H2BrClN2O2/c8-7-4(3-10)1-5(9)2-6(7)11(12)13/h1-2H. The van der Waals surface area contributed by atoms with E-state index >= 15 is 0 Å². The number of nitro groups is 1. The Hall–Kier alpha value is -1.12. The minimum absolute atomic E-state index is 0.152. The van der Waals surface area contributed by atoms with Crippen LogP contribution in [0.2, 0.25) is 5.02 Å². The molecule has 4 nitrogen and oxygen atoms in total. The third-order valence-electron chi connectivity index (χ3n) is 1.34. The van der Waals surface area contributed by atoms with Gasteiger partial charge in [0.25, 0.3) is 5.69 Å². The van der Waals surface area contributed by atoms with E-state index in [1.54, 1.807) is 6.07 Å². The molecule has 0 aromatic heterocycles. The van der Waals surface area contributed by atoms with Crippen molar-refractivity contribution in [3.05, 3.63) is 37.3 Å². The van der Waals surface area contributed by atoms with Gasteiger partial charge in [-0.15, -0.1) is 0 Å². The summed E-state index contributed by atoms with van der Waals surface area (Å²) in [5.41, 5.74) is -0.0525. The highest BCUT2D eigenvalue weighted by molar-refractivity contribution is 9.10. The van der Waals surface area contributed by atoms with Crippen LogP contribution in [-0.4, -0.2) is 4.92 Å². The monoisotopic (exact) mass is 260 g/mol. The van der Waals surface area contributed by atoms with Gasteiger partial charge in [-0.3, -0.25) is 10.1 Å². The van der Waals surface area contributed by atoms with E-state index < -0.39 is 4.92 Å². The van der Waals surface area contributed by atoms with Gasteiger partial charge in [-0.25, -0.2) is 0 Å². The summed E-state index contributed by atoms with van der Waals surface area (Å²) in [6, 6.07) is 4.34. The molecule has 0 aliphatic heterocycles. The van der Waals surface area contributed by atoms with E-state index in [1.807, 2.05) is 0 Å². The maximum Gasteiger partial charge on any atom is 0.286 e. The van der Waals surface area contributed by atoms with Gasteiger partial charge in [0.1, 0.15) is 10.5 Å². The second-order valence-corrected chi connectivity index (χ2v) is 3.38. The molecule has 1 rings (SSSR count). The largest absolute Gasteiger partial charge is 0.286 e. The van der Waals surface area contributed by atoms with Gasteiger partial charge in [-0.2, -0.15) is 5.26 Å². The minimum Gasteiger partial charge on any atom is -0.258 e. The summed E-state index contributed by atoms with van der Waals surface area (Å²) in [6.07, 6.45) is 0. The molecule has 0 unspecified atom stereocenters. The molecule has 0 spiro atoms. The minimum atomic E-state index is -0.600. The highest BCUT2D eigenvalue weighted by atomic mass is 79.9. The number of hydrogen-bond acceptors (Lipinski definition) is 3. The van der Waals surface area contributed by atoms with Crippen LogP contribution in [0, 0.1) is 21.4 Å². The fraction of sp³-hybridized carbons (Fsp3) is 0. The molecule has 0 fully saturated rings. The molecule has 0 N–H and O–H groups in total. The van der Waals surface area contributed by atoms with Crippen LogP contribution < -0.4 is 0 Å². The van der Waals surface area contributed by atoms with Gasteiger partial charge in [0.05, 0.1) is 10.5 Å². The normalized spacial score (nSPS) is 9.31. The molecular formula is C7H2BrClN2O2. The Morgan fingerprint density at radius 1 is 1.62 bits per heavy atom. The molecule has 0 aliphatic rings. The molecule has 0 bridgehead atoms. The van der Waals surface area contributed by atoms with Gasteiger partial charge in [0.15, 0.2) is 0 Å². The fourth-order valence-electron chi connectivity index (χ4n) is 0.789. The third kappa shape index (κ3) is 1.97. The van der Waals surface area contributed by atoms with Crippen LogP contribution in [0.5, 0.6) is 0 Å². The molecule has 0 saturated carbocycles. The van der Waals surface area contributed by atoms with Crippen molar-refractivity contribution in [2.75, 3.05) is 0 Å². The van der Waals surface area contributed by atoms with Crippen LogP contribution >= 0.6 is 27.5 Å². The Bertz CT molecular complexity index is 414. The van der Waals surface area contributed by atoms with Crippen molar-refractivity contribution in [2.45, 2.75) is 0 Å². The Kier molecular flexibility index (Phi) is 2.86. The van der Waals surface area contributed by atoms with Crippen molar-refractivity contribution in [1.29, 1.82) is 5.26 Å². The lowest BCUT2D eigenvalue weighted by molar-refractivity contribution is -0.385. The Morgan fingerprint density at radius 2 is 2.23 bits per heavy atom. The molecule has 0 aliphatic carbocycles. The zero-order valence-electron chi connectivity index (χ0n) is 6.12. The van der Waals surface area contributed by atoms with Crippen LogP contribution in [0.3, 0.4) is 0 Å². The highest BCUT2D eigenvalue weighted by Crippen LogP contribution is 2.31. The van der Waals surface area contributed by atoms with E-state index in [9.17, 15) is 10.1 Å². The third-order valence-corrected chi connectivity index (χ3v) is 2.39. The quantitative estimate of drug-likeness (QED) is 0.576. The summed E-state index contributed by atoms with van der Waals surface area (Å²) in [4.78, 5) is 9.85. The SMILES string of the molecule is N#Cc1cc(Cl)cc([N+](=O)[O-])c1Br. The van der Waals surface area contributed by atoms with Gasteiger partial charge in [-0.1, -0.05) is 11.6 Å². The van der Waals surface area contributed by atoms with Crippen LogP contribution in [-0.2, 0) is 0 Å². The van der Waals surface area contributed by atoms with E-state index in [0.717, 1.165) is 0 Å². The number of nitriles is 1. The van der Waals surface area contributed by atoms with Crippen LogP contribution in [0.1, 0.15) is 5.56 Å². The van der Waals surface area contributed by atoms with Crippen molar-refractivity contribution in [1.82, 2.24) is 0 Å². The van der Waals surface area contributed by atoms with Crippen molar-refractivity contribution in [3.8, 4) is 6.07 Å². The number of halogens is 2. The van der Waals surface area contributed by atoms with Gasteiger partial charge < -0.3 is 0 Å². The maximum absolute atomic E-state index is 10.4. The van der Waals surface area contributed by atoms with Gasteiger partial charge in [0.2, 0.25) is 0 Å². The molecule has 6 heteroatoms. The van der Waals surface area contributed by atoms with Gasteiger partial charge in [-0.05, 0) is 22.0 Å². The van der Waals surface area contributed by atoms with E-state index in [0.29, 0.717) is 0 Å². The number of rotatable bonds is 1. The first-order valence-corrected chi connectivity index (χ1v) is 4.27. The number of nitro benzene ring substituents is 1. The van der Waals surface area contributed by atoms with Crippen molar-refractivity contribution in [2.24, 2.45) is 0 Å². The average Bonchev–Trinajstić information content (AvgIpc) is 2.08. The van der Waals surface area contributed by atoms with E-state index in [-0.39, 0.29) is 20.7 Å². The Balaban J connectivity index is 3.47. The molecule has 0 atom stereocenters. The lowest BCUT2D eigenvalue weighted by Gasteiger charge is -1.97. The number of hydrogen-bond donors (Lipinski definition) is 0. The topological polar surface area (TPSA) is 66.9 Å². The summed E-state index contributed by atoms with van der Waals surface area (Å²) < 4.78 is 0.157. The average molecular weight is 261 g/mol. The molecule has 1 aromatic rings. The van der Waals surface area contributed by atoms with Crippen molar-refractivity contribution >= 4 is 33.2 Å². The molecule has 13 heavy (non-hydrogen) atoms. The van der Waals surface area contributed by atoms with Crippen LogP contribution in [0.15, 0.2) is 16.6 Å². The smallest absolute Gasteiger partial charge is 0.258 e. The Labute approximate surface area is 87.0 Å². The summed E-state index contributed by atoms with van der Waals surface area (Å²) in [6.45, 7) is 0. The van der Waals surface area contributed by atoms with E-state index in [4.69, 9.17) is 16.9 Å². The molecule has 0 amide bonds. The lowest BCUT2D eigenvalue weighted by atomic mass is 10.2. The maximum atomic E-state index is 10.4. The van der Waals surface area contributed by atoms with Gasteiger partial charge >= 0.3 is 0 Å². The second-order valence-electron chi connectivity index (χ2n) is 2.16. The molecule has 0 saturated heterocycles. The second kappa shape index (κ2) is 3.73. The van der Waals surface area contributed by atoms with E-state index in [2.05, 4.69) is 15.9 Å². The number of benzene rings is 1. The summed E-state index contributed by atoms with van der Waals surface area (Å²) in [7, 11) is 0. The first-order chi connectivity index (χ1) is 6.06. The first-order valence-electron chi connectivity index (χ1n) is 3.10. The molecule has 1 aromatic carbocycles. The van der Waals surface area contributed by atoms with Crippen LogP contribution in [0.25, 0.3) is 0 Å². The van der Waals surface area contributed by atoms with E-state index in [1.165, 1.54) is 12.1 Å². The first kappa shape index (κ1) is 9.96. The molecule has 66 valence electrons. The van der Waals surface area contributed by atoms with Crippen molar-refractivity contribution < 1.29 is 4.92 Å². The zero-order valence-corrected chi connectivity index (χ0v) is 8.46. The predicted octanol–water partition coefficient (Wildman–Crippen LogP) is 2.88. The Morgan fingerprint density at radius 3 is 2.69 bits per heavy atom.